The smallest absolute Gasteiger partial charge is 0.325 e. The van der Waals surface area contributed by atoms with E-state index in [0.29, 0.717) is 25.2 Å². The molecule has 1 saturated heterocycles. The molecule has 1 aliphatic heterocycles. The zero-order valence-electron chi connectivity index (χ0n) is 8.97. The highest BCUT2D eigenvalue weighted by atomic mass is 19.4. The van der Waals surface area contributed by atoms with Crippen molar-refractivity contribution in [2.75, 3.05) is 13.1 Å². The van der Waals surface area contributed by atoms with Crippen LogP contribution in [0.4, 0.5) is 17.6 Å². The molecule has 0 spiro atoms. The highest BCUT2D eigenvalue weighted by molar-refractivity contribution is 5.27. The molecule has 2 rings (SSSR count). The van der Waals surface area contributed by atoms with Crippen LogP contribution < -0.4 is 5.73 Å². The van der Waals surface area contributed by atoms with Gasteiger partial charge >= 0.3 is 6.18 Å². The standard InChI is InChI=1S/C11H12F4N2/c12-10-2-1-7(3-9(10)11(13,14)15)4-17-5-8(16)6-17/h1-3,8H,4-6,16H2. The number of nitrogens with zero attached hydrogens (tertiary/aromatic N) is 1. The van der Waals surface area contributed by atoms with Crippen molar-refractivity contribution in [2.45, 2.75) is 18.8 Å². The fourth-order valence-electron chi connectivity index (χ4n) is 1.89. The molecule has 94 valence electrons. The normalized spacial score (nSPS) is 18.2. The van der Waals surface area contributed by atoms with Crippen molar-refractivity contribution in [1.29, 1.82) is 0 Å². The maximum atomic E-state index is 13.0. The average Bonchev–Trinajstić information content (AvgIpc) is 2.16. The average molecular weight is 248 g/mol. The highest BCUT2D eigenvalue weighted by Gasteiger charge is 2.34. The van der Waals surface area contributed by atoms with Gasteiger partial charge in [0.1, 0.15) is 5.82 Å². The quantitative estimate of drug-likeness (QED) is 0.811. The molecule has 1 aliphatic rings. The van der Waals surface area contributed by atoms with E-state index in [0.717, 1.165) is 12.1 Å². The summed E-state index contributed by atoms with van der Waals surface area (Å²) in [6, 6.07) is 3.18. The van der Waals surface area contributed by atoms with Crippen LogP contribution >= 0.6 is 0 Å². The first-order valence-corrected chi connectivity index (χ1v) is 5.20. The lowest BCUT2D eigenvalue weighted by Gasteiger charge is -2.36. The molecule has 0 aromatic heterocycles. The van der Waals surface area contributed by atoms with Crippen LogP contribution in [0.25, 0.3) is 0 Å². The Morgan fingerprint density at radius 2 is 1.94 bits per heavy atom. The predicted molar refractivity (Wildman–Crippen MR) is 54.7 cm³/mol. The van der Waals surface area contributed by atoms with Crippen LogP contribution in [0.5, 0.6) is 0 Å². The first-order valence-electron chi connectivity index (χ1n) is 5.20. The summed E-state index contributed by atoms with van der Waals surface area (Å²) in [6.07, 6.45) is -4.65. The van der Waals surface area contributed by atoms with Crippen LogP contribution in [0.15, 0.2) is 18.2 Å². The molecule has 0 atom stereocenters. The second-order valence-electron chi connectivity index (χ2n) is 4.27. The van der Waals surface area contributed by atoms with Gasteiger partial charge in [-0.2, -0.15) is 13.2 Å². The molecule has 0 saturated carbocycles. The Balaban J connectivity index is 2.14. The number of rotatable bonds is 2. The van der Waals surface area contributed by atoms with E-state index in [1.54, 1.807) is 0 Å². The van der Waals surface area contributed by atoms with E-state index in [9.17, 15) is 17.6 Å². The molecule has 2 nitrogen and oxygen atoms in total. The molecular weight excluding hydrogens is 236 g/mol. The molecule has 1 heterocycles. The van der Waals surface area contributed by atoms with Crippen molar-refractivity contribution in [3.63, 3.8) is 0 Å². The lowest BCUT2D eigenvalue weighted by molar-refractivity contribution is -0.140. The van der Waals surface area contributed by atoms with E-state index < -0.39 is 17.6 Å². The van der Waals surface area contributed by atoms with Gasteiger partial charge in [0, 0.05) is 25.7 Å². The largest absolute Gasteiger partial charge is 0.419 e. The van der Waals surface area contributed by atoms with Crippen LogP contribution in [0, 0.1) is 5.82 Å². The van der Waals surface area contributed by atoms with Gasteiger partial charge in [0.25, 0.3) is 0 Å². The molecule has 6 heteroatoms. The Labute approximate surface area is 96.0 Å². The predicted octanol–water partition coefficient (Wildman–Crippen LogP) is 1.99. The molecule has 2 N–H and O–H groups in total. The van der Waals surface area contributed by atoms with E-state index in [1.807, 2.05) is 4.90 Å². The Morgan fingerprint density at radius 1 is 1.29 bits per heavy atom. The van der Waals surface area contributed by atoms with Crippen LogP contribution in [-0.2, 0) is 12.7 Å². The van der Waals surface area contributed by atoms with E-state index in [-0.39, 0.29) is 6.04 Å². The molecule has 1 aromatic rings. The van der Waals surface area contributed by atoms with Gasteiger partial charge in [-0.15, -0.1) is 0 Å². The minimum absolute atomic E-state index is 0.0949. The Morgan fingerprint density at radius 3 is 2.47 bits per heavy atom. The molecular formula is C11H12F4N2. The van der Waals surface area contributed by atoms with Crippen molar-refractivity contribution < 1.29 is 17.6 Å². The second-order valence-corrected chi connectivity index (χ2v) is 4.27. The summed E-state index contributed by atoms with van der Waals surface area (Å²) >= 11 is 0. The first kappa shape index (κ1) is 12.3. The van der Waals surface area contributed by atoms with E-state index in [2.05, 4.69) is 0 Å². The van der Waals surface area contributed by atoms with Gasteiger partial charge in [-0.05, 0) is 17.7 Å². The highest BCUT2D eigenvalue weighted by Crippen LogP contribution is 2.32. The summed E-state index contributed by atoms with van der Waals surface area (Å²) in [5.74, 6) is -1.23. The lowest BCUT2D eigenvalue weighted by atomic mass is 10.1. The number of nitrogens with two attached hydrogens (primary N) is 1. The molecule has 0 amide bonds. The molecule has 17 heavy (non-hydrogen) atoms. The molecule has 1 aromatic carbocycles. The third-order valence-electron chi connectivity index (χ3n) is 2.73. The maximum absolute atomic E-state index is 13.0. The van der Waals surface area contributed by atoms with Crippen molar-refractivity contribution in [3.05, 3.63) is 35.1 Å². The number of hydrogen-bond acceptors (Lipinski definition) is 2. The molecule has 1 fully saturated rings. The topological polar surface area (TPSA) is 29.3 Å². The minimum atomic E-state index is -4.65. The monoisotopic (exact) mass is 248 g/mol. The number of benzene rings is 1. The third-order valence-corrected chi connectivity index (χ3v) is 2.73. The lowest BCUT2D eigenvalue weighted by Crippen LogP contribution is -2.54. The van der Waals surface area contributed by atoms with Crippen molar-refractivity contribution in [1.82, 2.24) is 4.90 Å². The van der Waals surface area contributed by atoms with Gasteiger partial charge in [0.15, 0.2) is 0 Å². The van der Waals surface area contributed by atoms with Gasteiger partial charge in [0.2, 0.25) is 0 Å². The van der Waals surface area contributed by atoms with Crippen molar-refractivity contribution in [3.8, 4) is 0 Å². The zero-order valence-corrected chi connectivity index (χ0v) is 8.97. The summed E-state index contributed by atoms with van der Waals surface area (Å²) in [6.45, 7) is 1.70. The number of halogens is 4. The van der Waals surface area contributed by atoms with Gasteiger partial charge in [-0.25, -0.2) is 4.39 Å². The van der Waals surface area contributed by atoms with Crippen molar-refractivity contribution >= 4 is 0 Å². The molecule has 0 aliphatic carbocycles. The van der Waals surface area contributed by atoms with Gasteiger partial charge in [-0.3, -0.25) is 4.90 Å². The van der Waals surface area contributed by atoms with E-state index >= 15 is 0 Å². The Kier molecular flexibility index (Phi) is 3.09. The van der Waals surface area contributed by atoms with Gasteiger partial charge in [-0.1, -0.05) is 6.07 Å². The van der Waals surface area contributed by atoms with Crippen molar-refractivity contribution in [2.24, 2.45) is 5.73 Å². The summed E-state index contributed by atoms with van der Waals surface area (Å²) in [7, 11) is 0. The van der Waals surface area contributed by atoms with Gasteiger partial charge < -0.3 is 5.73 Å². The first-order chi connectivity index (χ1) is 7.86. The molecule has 0 radical (unpaired) electrons. The SMILES string of the molecule is NC1CN(Cc2ccc(F)c(C(F)(F)F)c2)C1. The third kappa shape index (κ3) is 2.76. The number of likely N-dealkylation sites (tertiary alicyclic amines) is 1. The van der Waals surface area contributed by atoms with E-state index in [1.165, 1.54) is 6.07 Å². The Bertz CT molecular complexity index is 410. The van der Waals surface area contributed by atoms with E-state index in [4.69, 9.17) is 5.73 Å². The fraction of sp³-hybridized carbons (Fsp3) is 0.455. The fourth-order valence-corrected chi connectivity index (χ4v) is 1.89. The summed E-state index contributed by atoms with van der Waals surface area (Å²) < 4.78 is 50.4. The minimum Gasteiger partial charge on any atom is -0.325 e. The summed E-state index contributed by atoms with van der Waals surface area (Å²) in [5.41, 5.74) is 4.81. The maximum Gasteiger partial charge on any atom is 0.419 e. The number of hydrogen-bond donors (Lipinski definition) is 1. The van der Waals surface area contributed by atoms with Crippen LogP contribution in [-0.4, -0.2) is 24.0 Å². The van der Waals surface area contributed by atoms with Crippen LogP contribution in [0.1, 0.15) is 11.1 Å². The molecule has 0 bridgehead atoms. The zero-order chi connectivity index (χ0) is 12.6. The molecule has 0 unspecified atom stereocenters. The second kappa shape index (κ2) is 4.27. The summed E-state index contributed by atoms with van der Waals surface area (Å²) in [4.78, 5) is 1.91. The van der Waals surface area contributed by atoms with Crippen LogP contribution in [0.2, 0.25) is 0 Å². The summed E-state index contributed by atoms with van der Waals surface area (Å²) in [5, 5.41) is 0. The van der Waals surface area contributed by atoms with Crippen LogP contribution in [0.3, 0.4) is 0 Å². The number of alkyl halides is 3. The Hall–Kier alpha value is -1.14. The van der Waals surface area contributed by atoms with Gasteiger partial charge in [0.05, 0.1) is 5.56 Å².